The van der Waals surface area contributed by atoms with Crippen molar-refractivity contribution in [3.8, 4) is 0 Å². The molecule has 0 aliphatic heterocycles. The Morgan fingerprint density at radius 3 is 2.87 bits per heavy atom. The molecule has 82 valence electrons. The topological polar surface area (TPSA) is 43.4 Å². The molecule has 15 heavy (non-hydrogen) atoms. The zero-order valence-corrected chi connectivity index (χ0v) is 8.99. The number of esters is 1. The van der Waals surface area contributed by atoms with Gasteiger partial charge in [-0.05, 0) is 30.4 Å². The van der Waals surface area contributed by atoms with Crippen LogP contribution >= 0.6 is 0 Å². The first-order valence-electron chi connectivity index (χ1n) is 5.54. The second-order valence-corrected chi connectivity index (χ2v) is 4.37. The number of ketones is 1. The highest BCUT2D eigenvalue weighted by atomic mass is 16.5. The molecule has 2 aliphatic carbocycles. The van der Waals surface area contributed by atoms with Crippen molar-refractivity contribution in [1.29, 1.82) is 0 Å². The number of hydrogen-bond acceptors (Lipinski definition) is 3. The van der Waals surface area contributed by atoms with Gasteiger partial charge in [0.05, 0.1) is 13.0 Å². The Balaban J connectivity index is 2.24. The van der Waals surface area contributed by atoms with Gasteiger partial charge in [-0.3, -0.25) is 9.59 Å². The van der Waals surface area contributed by atoms with Gasteiger partial charge in [0.1, 0.15) is 0 Å². The number of carbonyl (C=O) groups excluding carboxylic acids is 2. The maximum absolute atomic E-state index is 11.6. The van der Waals surface area contributed by atoms with Crippen LogP contribution in [0.15, 0.2) is 11.6 Å². The Bertz CT molecular complexity index is 317. The van der Waals surface area contributed by atoms with E-state index >= 15 is 0 Å². The van der Waals surface area contributed by atoms with Gasteiger partial charge in [-0.1, -0.05) is 12.8 Å². The summed E-state index contributed by atoms with van der Waals surface area (Å²) >= 11 is 0. The summed E-state index contributed by atoms with van der Waals surface area (Å²) in [7, 11) is 1.42. The number of carbonyl (C=O) groups is 2. The van der Waals surface area contributed by atoms with Crippen molar-refractivity contribution in [3.05, 3.63) is 11.6 Å². The van der Waals surface area contributed by atoms with Gasteiger partial charge in [0.25, 0.3) is 0 Å². The van der Waals surface area contributed by atoms with E-state index in [-0.39, 0.29) is 17.7 Å². The Hall–Kier alpha value is -1.12. The normalized spacial score (nSPS) is 30.5. The van der Waals surface area contributed by atoms with Crippen molar-refractivity contribution < 1.29 is 14.3 Å². The molecule has 0 bridgehead atoms. The molecule has 0 heterocycles. The van der Waals surface area contributed by atoms with E-state index in [0.717, 1.165) is 31.3 Å². The van der Waals surface area contributed by atoms with E-state index in [1.54, 1.807) is 6.08 Å². The summed E-state index contributed by atoms with van der Waals surface area (Å²) in [6.45, 7) is 0. The lowest BCUT2D eigenvalue weighted by molar-refractivity contribution is -0.144. The van der Waals surface area contributed by atoms with Crippen LogP contribution in [0, 0.1) is 11.8 Å². The third-order valence-electron chi connectivity index (χ3n) is 3.43. The number of hydrogen-bond donors (Lipinski definition) is 0. The predicted octanol–water partition coefficient (Wildman–Crippen LogP) is 1.86. The lowest BCUT2D eigenvalue weighted by atomic mass is 9.89. The van der Waals surface area contributed by atoms with Crippen molar-refractivity contribution >= 4 is 11.8 Å². The average Bonchev–Trinajstić information content (AvgIpc) is 2.48. The zero-order valence-electron chi connectivity index (χ0n) is 8.99. The van der Waals surface area contributed by atoms with Gasteiger partial charge in [-0.15, -0.1) is 0 Å². The van der Waals surface area contributed by atoms with Gasteiger partial charge in [0.15, 0.2) is 5.78 Å². The molecule has 0 aromatic rings. The highest BCUT2D eigenvalue weighted by Gasteiger charge is 2.35. The summed E-state index contributed by atoms with van der Waals surface area (Å²) < 4.78 is 4.80. The molecule has 0 aromatic carbocycles. The molecule has 0 N–H and O–H groups in total. The fourth-order valence-electron chi connectivity index (χ4n) is 2.68. The van der Waals surface area contributed by atoms with Gasteiger partial charge in [-0.25, -0.2) is 0 Å². The van der Waals surface area contributed by atoms with Crippen LogP contribution in [-0.4, -0.2) is 18.9 Å². The fraction of sp³-hybridized carbons (Fsp3) is 0.667. The van der Waals surface area contributed by atoms with Crippen molar-refractivity contribution in [2.24, 2.45) is 11.8 Å². The van der Waals surface area contributed by atoms with Crippen LogP contribution in [0.5, 0.6) is 0 Å². The van der Waals surface area contributed by atoms with E-state index in [1.165, 1.54) is 7.11 Å². The molecule has 1 fully saturated rings. The summed E-state index contributed by atoms with van der Waals surface area (Å²) in [5.41, 5.74) is 1.03. The van der Waals surface area contributed by atoms with Gasteiger partial charge in [-0.2, -0.15) is 0 Å². The molecule has 2 rings (SSSR count). The monoisotopic (exact) mass is 208 g/mol. The van der Waals surface area contributed by atoms with Crippen LogP contribution < -0.4 is 0 Å². The second-order valence-electron chi connectivity index (χ2n) is 4.37. The molecule has 0 aromatic heterocycles. The van der Waals surface area contributed by atoms with Crippen LogP contribution in [0.25, 0.3) is 0 Å². The molecule has 0 radical (unpaired) electrons. The fourth-order valence-corrected chi connectivity index (χ4v) is 2.68. The number of methoxy groups -OCH3 is 1. The molecule has 0 spiro atoms. The standard InChI is InChI=1S/C12H16O3/c1-15-12(14)10-5-3-2-4-8-6-9(13)7-11(8)10/h7-8,10H,2-6H2,1H3. The van der Waals surface area contributed by atoms with Crippen LogP contribution in [0.3, 0.4) is 0 Å². The lowest BCUT2D eigenvalue weighted by Crippen LogP contribution is -2.19. The molecular formula is C12H16O3. The molecule has 1 saturated carbocycles. The smallest absolute Gasteiger partial charge is 0.312 e. The number of allylic oxidation sites excluding steroid dienone is 1. The van der Waals surface area contributed by atoms with Gasteiger partial charge < -0.3 is 4.74 Å². The summed E-state index contributed by atoms with van der Waals surface area (Å²) in [5, 5.41) is 0. The third-order valence-corrected chi connectivity index (χ3v) is 3.43. The molecule has 2 unspecified atom stereocenters. The van der Waals surface area contributed by atoms with Crippen LogP contribution in [0.4, 0.5) is 0 Å². The van der Waals surface area contributed by atoms with E-state index in [9.17, 15) is 9.59 Å². The highest BCUT2D eigenvalue weighted by molar-refractivity contribution is 5.95. The minimum atomic E-state index is -0.178. The Kier molecular flexibility index (Phi) is 2.89. The first kappa shape index (κ1) is 10.4. The van der Waals surface area contributed by atoms with Crippen LogP contribution in [0.2, 0.25) is 0 Å². The van der Waals surface area contributed by atoms with E-state index in [1.807, 2.05) is 0 Å². The maximum atomic E-state index is 11.6. The predicted molar refractivity (Wildman–Crippen MR) is 55.2 cm³/mol. The van der Waals surface area contributed by atoms with Crippen LogP contribution in [-0.2, 0) is 14.3 Å². The maximum Gasteiger partial charge on any atom is 0.312 e. The quantitative estimate of drug-likeness (QED) is 0.618. The Labute approximate surface area is 89.5 Å². The molecule has 3 heteroatoms. The largest absolute Gasteiger partial charge is 0.469 e. The summed E-state index contributed by atoms with van der Waals surface area (Å²) in [6.07, 6.45) is 6.33. The second kappa shape index (κ2) is 4.17. The number of rotatable bonds is 1. The zero-order chi connectivity index (χ0) is 10.8. The molecular weight excluding hydrogens is 192 g/mol. The summed E-state index contributed by atoms with van der Waals surface area (Å²) in [6, 6.07) is 0. The van der Waals surface area contributed by atoms with Crippen molar-refractivity contribution in [2.75, 3.05) is 7.11 Å². The summed E-state index contributed by atoms with van der Waals surface area (Å²) in [4.78, 5) is 22.9. The number of fused-ring (bicyclic) bond motifs is 1. The summed E-state index contributed by atoms with van der Waals surface area (Å²) in [5.74, 6) is 0.145. The molecule has 0 saturated heterocycles. The van der Waals surface area contributed by atoms with E-state index in [0.29, 0.717) is 12.3 Å². The minimum Gasteiger partial charge on any atom is -0.469 e. The average molecular weight is 208 g/mol. The minimum absolute atomic E-state index is 0.158. The van der Waals surface area contributed by atoms with E-state index < -0.39 is 0 Å². The number of ether oxygens (including phenoxy) is 1. The molecule has 2 aliphatic rings. The van der Waals surface area contributed by atoms with E-state index in [2.05, 4.69) is 0 Å². The van der Waals surface area contributed by atoms with Crippen molar-refractivity contribution in [2.45, 2.75) is 32.1 Å². The lowest BCUT2D eigenvalue weighted by Gasteiger charge is -2.17. The molecule has 0 amide bonds. The highest BCUT2D eigenvalue weighted by Crippen LogP contribution is 2.39. The van der Waals surface area contributed by atoms with Crippen molar-refractivity contribution in [1.82, 2.24) is 0 Å². The van der Waals surface area contributed by atoms with Crippen LogP contribution in [0.1, 0.15) is 32.1 Å². The molecule has 3 nitrogen and oxygen atoms in total. The first-order chi connectivity index (χ1) is 7.22. The Morgan fingerprint density at radius 1 is 1.40 bits per heavy atom. The first-order valence-corrected chi connectivity index (χ1v) is 5.54. The van der Waals surface area contributed by atoms with E-state index in [4.69, 9.17) is 4.74 Å². The third kappa shape index (κ3) is 1.96. The SMILES string of the molecule is COC(=O)C1CCCCC2CC(=O)C=C21. The van der Waals surface area contributed by atoms with Crippen molar-refractivity contribution in [3.63, 3.8) is 0 Å². The Morgan fingerprint density at radius 2 is 2.13 bits per heavy atom. The molecule has 2 atom stereocenters. The van der Waals surface area contributed by atoms with Gasteiger partial charge in [0.2, 0.25) is 0 Å². The van der Waals surface area contributed by atoms with Gasteiger partial charge in [0, 0.05) is 6.42 Å². The van der Waals surface area contributed by atoms with Gasteiger partial charge >= 0.3 is 5.97 Å².